The van der Waals surface area contributed by atoms with Gasteiger partial charge in [0.15, 0.2) is 0 Å². The summed E-state index contributed by atoms with van der Waals surface area (Å²) in [5.74, 6) is 0.241. The molecule has 0 spiro atoms. The van der Waals surface area contributed by atoms with Crippen molar-refractivity contribution in [3.63, 3.8) is 0 Å². The van der Waals surface area contributed by atoms with Crippen LogP contribution in [0.5, 0.6) is 5.75 Å². The van der Waals surface area contributed by atoms with Crippen molar-refractivity contribution in [1.29, 1.82) is 0 Å². The molecule has 0 saturated heterocycles. The van der Waals surface area contributed by atoms with Crippen molar-refractivity contribution < 1.29 is 17.9 Å². The molecule has 1 aliphatic rings. The van der Waals surface area contributed by atoms with Crippen molar-refractivity contribution >= 4 is 23.1 Å². The third kappa shape index (κ3) is 5.25. The number of hydrogen-bond donors (Lipinski definition) is 2. The van der Waals surface area contributed by atoms with Crippen LogP contribution in [0.4, 0.5) is 36.3 Å². The van der Waals surface area contributed by atoms with Crippen molar-refractivity contribution in [1.82, 2.24) is 9.97 Å². The second kappa shape index (κ2) is 8.83. The van der Waals surface area contributed by atoms with Crippen molar-refractivity contribution in [2.45, 2.75) is 44.9 Å². The minimum Gasteiger partial charge on any atom is -0.488 e. The Labute approximate surface area is 178 Å². The van der Waals surface area contributed by atoms with Gasteiger partial charge in [-0.3, -0.25) is 0 Å². The fourth-order valence-electron chi connectivity index (χ4n) is 3.58. The smallest absolute Gasteiger partial charge is 0.421 e. The van der Waals surface area contributed by atoms with Crippen LogP contribution in [-0.4, -0.2) is 16.1 Å². The number of aryl methyl sites for hydroxylation is 1. The van der Waals surface area contributed by atoms with E-state index in [1.807, 2.05) is 25.1 Å². The summed E-state index contributed by atoms with van der Waals surface area (Å²) in [6.07, 6.45) is 0.338. The van der Waals surface area contributed by atoms with Gasteiger partial charge in [0.1, 0.15) is 17.1 Å². The summed E-state index contributed by atoms with van der Waals surface area (Å²) < 4.78 is 46.9. The average Bonchev–Trinajstić information content (AvgIpc) is 3.22. The van der Waals surface area contributed by atoms with Crippen molar-refractivity contribution in [3.05, 3.63) is 65.9 Å². The van der Waals surface area contributed by atoms with E-state index in [9.17, 15) is 13.2 Å². The third-order valence-electron chi connectivity index (χ3n) is 5.10. The molecule has 5 nitrogen and oxygen atoms in total. The van der Waals surface area contributed by atoms with Crippen LogP contribution < -0.4 is 15.4 Å². The number of benzene rings is 2. The number of para-hydroxylation sites is 2. The van der Waals surface area contributed by atoms with Gasteiger partial charge in [-0.1, -0.05) is 24.3 Å². The number of hydrogen-bond acceptors (Lipinski definition) is 5. The highest BCUT2D eigenvalue weighted by molar-refractivity contribution is 5.67. The van der Waals surface area contributed by atoms with E-state index in [0.29, 0.717) is 17.1 Å². The summed E-state index contributed by atoms with van der Waals surface area (Å²) in [6, 6.07) is 14.4. The first-order valence-corrected chi connectivity index (χ1v) is 10.2. The lowest BCUT2D eigenvalue weighted by molar-refractivity contribution is -0.137. The zero-order valence-electron chi connectivity index (χ0n) is 17.0. The topological polar surface area (TPSA) is 59.1 Å². The Morgan fingerprint density at radius 3 is 2.52 bits per heavy atom. The van der Waals surface area contributed by atoms with E-state index in [1.165, 1.54) is 0 Å². The predicted octanol–water partition coefficient (Wildman–Crippen LogP) is 6.61. The third-order valence-corrected chi connectivity index (χ3v) is 5.10. The van der Waals surface area contributed by atoms with Crippen LogP contribution in [-0.2, 0) is 6.18 Å². The lowest BCUT2D eigenvalue weighted by Crippen LogP contribution is -2.14. The highest BCUT2D eigenvalue weighted by Gasteiger charge is 2.35. The summed E-state index contributed by atoms with van der Waals surface area (Å²) in [5.41, 5.74) is 1.18. The minimum absolute atomic E-state index is 0.0651. The molecule has 31 heavy (non-hydrogen) atoms. The van der Waals surface area contributed by atoms with Gasteiger partial charge in [0.2, 0.25) is 5.95 Å². The zero-order valence-corrected chi connectivity index (χ0v) is 17.0. The fraction of sp³-hybridized carbons (Fsp3) is 0.304. The van der Waals surface area contributed by atoms with Gasteiger partial charge in [-0.2, -0.15) is 18.2 Å². The molecule has 1 aliphatic carbocycles. The maximum atomic E-state index is 13.6. The Hall–Kier alpha value is -3.29. The van der Waals surface area contributed by atoms with E-state index in [-0.39, 0.29) is 17.9 Å². The lowest BCUT2D eigenvalue weighted by atomic mass is 10.2. The average molecular weight is 428 g/mol. The number of aromatic nitrogens is 2. The van der Waals surface area contributed by atoms with Crippen LogP contribution in [0.15, 0.2) is 54.7 Å². The van der Waals surface area contributed by atoms with Crippen LogP contribution in [0.1, 0.15) is 36.8 Å². The van der Waals surface area contributed by atoms with E-state index in [4.69, 9.17) is 4.74 Å². The number of nitrogens with one attached hydrogen (secondary N) is 2. The number of anilines is 4. The normalized spacial score (nSPS) is 14.5. The summed E-state index contributed by atoms with van der Waals surface area (Å²) >= 11 is 0. The monoisotopic (exact) mass is 428 g/mol. The lowest BCUT2D eigenvalue weighted by Gasteiger charge is -2.19. The number of rotatable bonds is 6. The van der Waals surface area contributed by atoms with Crippen LogP contribution in [0.25, 0.3) is 0 Å². The molecule has 2 aromatic carbocycles. The molecule has 0 atom stereocenters. The molecule has 162 valence electrons. The van der Waals surface area contributed by atoms with E-state index >= 15 is 0 Å². The van der Waals surface area contributed by atoms with E-state index < -0.39 is 11.7 Å². The first-order chi connectivity index (χ1) is 14.9. The highest BCUT2D eigenvalue weighted by atomic mass is 19.4. The van der Waals surface area contributed by atoms with Crippen molar-refractivity contribution in [2.75, 3.05) is 10.6 Å². The number of nitrogens with zero attached hydrogens (tertiary/aromatic N) is 2. The standard InChI is InChI=1S/C23H23F3N4O/c1-15-7-6-8-16(13-15)28-22-27-14-18(23(24,25)26)21(30-22)29-19-11-4-5-12-20(19)31-17-9-2-3-10-17/h4-8,11-14,17H,2-3,9-10H2,1H3,(H2,27,28,29,30). The molecule has 4 rings (SSSR count). The molecule has 0 unspecified atom stereocenters. The summed E-state index contributed by atoms with van der Waals surface area (Å²) in [6.45, 7) is 1.92. The number of ether oxygens (including phenoxy) is 1. The van der Waals surface area contributed by atoms with Crippen LogP contribution in [0.2, 0.25) is 0 Å². The first-order valence-electron chi connectivity index (χ1n) is 10.2. The zero-order chi connectivity index (χ0) is 21.8. The molecule has 1 saturated carbocycles. The van der Waals surface area contributed by atoms with E-state index in [0.717, 1.165) is 37.4 Å². The molecule has 0 amide bonds. The molecule has 0 radical (unpaired) electrons. The second-order valence-corrected chi connectivity index (χ2v) is 7.59. The Kier molecular flexibility index (Phi) is 5.97. The minimum atomic E-state index is -4.61. The molecule has 0 aliphatic heterocycles. The molecule has 2 N–H and O–H groups in total. The van der Waals surface area contributed by atoms with Crippen LogP contribution >= 0.6 is 0 Å². The van der Waals surface area contributed by atoms with Gasteiger partial charge in [0.25, 0.3) is 0 Å². The molecular weight excluding hydrogens is 405 g/mol. The molecule has 1 aromatic heterocycles. The van der Waals surface area contributed by atoms with Gasteiger partial charge in [0.05, 0.1) is 11.8 Å². The Morgan fingerprint density at radius 1 is 1.00 bits per heavy atom. The van der Waals surface area contributed by atoms with E-state index in [1.54, 1.807) is 30.3 Å². The quantitative estimate of drug-likeness (QED) is 0.462. The molecule has 3 aromatic rings. The largest absolute Gasteiger partial charge is 0.488 e. The van der Waals surface area contributed by atoms with Crippen LogP contribution in [0.3, 0.4) is 0 Å². The molecular formula is C23H23F3N4O. The maximum absolute atomic E-state index is 13.6. The van der Waals surface area contributed by atoms with Crippen LogP contribution in [0, 0.1) is 6.92 Å². The summed E-state index contributed by atoms with van der Waals surface area (Å²) in [4.78, 5) is 7.99. The van der Waals surface area contributed by atoms with E-state index in [2.05, 4.69) is 20.6 Å². The Bertz CT molecular complexity index is 1050. The predicted molar refractivity (Wildman–Crippen MR) is 114 cm³/mol. The fourth-order valence-corrected chi connectivity index (χ4v) is 3.58. The molecule has 1 fully saturated rings. The number of alkyl halides is 3. The van der Waals surface area contributed by atoms with Gasteiger partial charge >= 0.3 is 6.18 Å². The number of halogens is 3. The molecule has 1 heterocycles. The molecule has 0 bridgehead atoms. The maximum Gasteiger partial charge on any atom is 0.421 e. The van der Waals surface area contributed by atoms with Gasteiger partial charge in [-0.05, 0) is 62.4 Å². The van der Waals surface area contributed by atoms with Crippen molar-refractivity contribution in [3.8, 4) is 5.75 Å². The summed E-state index contributed by atoms with van der Waals surface area (Å²) in [7, 11) is 0. The summed E-state index contributed by atoms with van der Waals surface area (Å²) in [5, 5.41) is 5.79. The first kappa shape index (κ1) is 21.0. The van der Waals surface area contributed by atoms with Gasteiger partial charge in [0, 0.05) is 11.9 Å². The van der Waals surface area contributed by atoms with Crippen molar-refractivity contribution in [2.24, 2.45) is 0 Å². The highest BCUT2D eigenvalue weighted by Crippen LogP contribution is 2.37. The second-order valence-electron chi connectivity index (χ2n) is 7.59. The van der Waals surface area contributed by atoms with Gasteiger partial charge in [-0.25, -0.2) is 4.98 Å². The van der Waals surface area contributed by atoms with Gasteiger partial charge < -0.3 is 15.4 Å². The van der Waals surface area contributed by atoms with Gasteiger partial charge in [-0.15, -0.1) is 0 Å². The SMILES string of the molecule is Cc1cccc(Nc2ncc(C(F)(F)F)c(Nc3ccccc3OC3CCCC3)n2)c1. The Balaban J connectivity index is 1.64. The Morgan fingerprint density at radius 2 is 1.77 bits per heavy atom. The molecule has 8 heteroatoms.